The lowest BCUT2D eigenvalue weighted by Crippen LogP contribution is -2.55. The van der Waals surface area contributed by atoms with Crippen molar-refractivity contribution < 1.29 is 24.1 Å². The van der Waals surface area contributed by atoms with E-state index in [1.807, 2.05) is 6.07 Å². The Morgan fingerprint density at radius 1 is 1.19 bits per heavy atom. The van der Waals surface area contributed by atoms with Crippen molar-refractivity contribution >= 4 is 5.97 Å². The molecule has 138 valence electrons. The highest BCUT2D eigenvalue weighted by Crippen LogP contribution is 2.25. The number of carboxylic acids is 1. The Kier molecular flexibility index (Phi) is 5.66. The first kappa shape index (κ1) is 18.5. The van der Waals surface area contributed by atoms with Gasteiger partial charge in [-0.2, -0.15) is 0 Å². The monoisotopic (exact) mass is 359 g/mol. The first-order valence-electron chi connectivity index (χ1n) is 8.54. The molecule has 2 aromatic carbocycles. The number of aliphatic hydroxyl groups is 1. The average molecular weight is 359 g/mol. The van der Waals surface area contributed by atoms with E-state index < -0.39 is 11.6 Å². The van der Waals surface area contributed by atoms with Crippen LogP contribution in [0.15, 0.2) is 48.5 Å². The summed E-state index contributed by atoms with van der Waals surface area (Å²) in [6.07, 6.45) is 0.459. The minimum atomic E-state index is -0.950. The number of ether oxygens (including phenoxy) is 1. The minimum absolute atomic E-state index is 0.165. The van der Waals surface area contributed by atoms with Gasteiger partial charge in [0, 0.05) is 26.1 Å². The van der Waals surface area contributed by atoms with Gasteiger partial charge in [-0.25, -0.2) is 9.18 Å². The van der Waals surface area contributed by atoms with Crippen LogP contribution in [0.3, 0.4) is 0 Å². The van der Waals surface area contributed by atoms with E-state index in [1.54, 1.807) is 30.3 Å². The highest BCUT2D eigenvalue weighted by atomic mass is 19.1. The summed E-state index contributed by atoms with van der Waals surface area (Å²) in [5, 5.41) is 19.3. The topological polar surface area (TPSA) is 70.0 Å². The zero-order valence-electron chi connectivity index (χ0n) is 14.4. The lowest BCUT2D eigenvalue weighted by atomic mass is 9.92. The second-order valence-corrected chi connectivity index (χ2v) is 6.67. The van der Waals surface area contributed by atoms with Crippen LogP contribution in [-0.4, -0.2) is 53.0 Å². The van der Waals surface area contributed by atoms with Gasteiger partial charge in [0.2, 0.25) is 0 Å². The maximum atomic E-state index is 13.1. The number of halogens is 1. The molecule has 0 radical (unpaired) electrons. The fourth-order valence-electron chi connectivity index (χ4n) is 3.40. The van der Waals surface area contributed by atoms with E-state index in [0.717, 1.165) is 11.1 Å². The lowest BCUT2D eigenvalue weighted by Gasteiger charge is -2.42. The van der Waals surface area contributed by atoms with Gasteiger partial charge >= 0.3 is 5.97 Å². The molecule has 0 aliphatic carbocycles. The van der Waals surface area contributed by atoms with Crippen LogP contribution in [0.4, 0.5) is 4.39 Å². The molecule has 0 amide bonds. The van der Waals surface area contributed by atoms with E-state index in [0.29, 0.717) is 32.7 Å². The number of hydrogen-bond donors (Lipinski definition) is 2. The van der Waals surface area contributed by atoms with Gasteiger partial charge in [0.25, 0.3) is 0 Å². The second kappa shape index (κ2) is 7.95. The molecule has 1 aliphatic heterocycles. The average Bonchev–Trinajstić information content (AvgIpc) is 2.64. The summed E-state index contributed by atoms with van der Waals surface area (Å²) in [5.74, 6) is -1.25. The van der Waals surface area contributed by atoms with Gasteiger partial charge in [-0.05, 0) is 29.3 Å². The van der Waals surface area contributed by atoms with Crippen molar-refractivity contribution in [1.82, 2.24) is 4.90 Å². The molecule has 3 rings (SSSR count). The van der Waals surface area contributed by atoms with E-state index in [-0.39, 0.29) is 18.0 Å². The first-order valence-corrected chi connectivity index (χ1v) is 8.54. The Morgan fingerprint density at radius 3 is 2.62 bits per heavy atom. The van der Waals surface area contributed by atoms with Crippen molar-refractivity contribution in [1.29, 1.82) is 0 Å². The van der Waals surface area contributed by atoms with E-state index >= 15 is 0 Å². The van der Waals surface area contributed by atoms with E-state index in [1.165, 1.54) is 12.1 Å². The molecule has 0 aromatic heterocycles. The second-order valence-electron chi connectivity index (χ2n) is 6.67. The summed E-state index contributed by atoms with van der Waals surface area (Å²) in [5.41, 5.74) is 1.12. The molecule has 0 unspecified atom stereocenters. The van der Waals surface area contributed by atoms with Crippen LogP contribution in [0.5, 0.6) is 0 Å². The van der Waals surface area contributed by atoms with Gasteiger partial charge in [0.15, 0.2) is 0 Å². The molecule has 2 N–H and O–H groups in total. The van der Waals surface area contributed by atoms with Crippen molar-refractivity contribution in [3.63, 3.8) is 0 Å². The van der Waals surface area contributed by atoms with Crippen LogP contribution in [0, 0.1) is 5.82 Å². The number of aromatic carboxylic acids is 1. The van der Waals surface area contributed by atoms with Crippen LogP contribution < -0.4 is 0 Å². The van der Waals surface area contributed by atoms with E-state index in [4.69, 9.17) is 4.74 Å². The zero-order valence-corrected chi connectivity index (χ0v) is 14.4. The molecule has 1 heterocycles. The zero-order chi connectivity index (χ0) is 18.6. The SMILES string of the molecule is O=C(O)c1ccccc1CN1CCO[C@@](CO)(Cc2ccc(F)cc2)C1. The maximum absolute atomic E-state index is 13.1. The fraction of sp³-hybridized carbons (Fsp3) is 0.350. The van der Waals surface area contributed by atoms with Crippen molar-refractivity contribution in [2.45, 2.75) is 18.6 Å². The van der Waals surface area contributed by atoms with Gasteiger partial charge in [0.05, 0.1) is 18.8 Å². The molecule has 6 heteroatoms. The molecule has 1 saturated heterocycles. The Morgan fingerprint density at radius 2 is 1.92 bits per heavy atom. The third-order valence-corrected chi connectivity index (χ3v) is 4.70. The largest absolute Gasteiger partial charge is 0.478 e. The molecule has 1 fully saturated rings. The van der Waals surface area contributed by atoms with Crippen LogP contribution in [0.25, 0.3) is 0 Å². The summed E-state index contributed by atoms with van der Waals surface area (Å²) < 4.78 is 19.0. The Balaban J connectivity index is 1.75. The molecule has 1 atom stereocenters. The van der Waals surface area contributed by atoms with E-state index in [2.05, 4.69) is 4.90 Å². The number of nitrogens with zero attached hydrogens (tertiary/aromatic N) is 1. The predicted molar refractivity (Wildman–Crippen MR) is 94.6 cm³/mol. The highest BCUT2D eigenvalue weighted by molar-refractivity contribution is 5.89. The van der Waals surface area contributed by atoms with Crippen LogP contribution in [-0.2, 0) is 17.7 Å². The minimum Gasteiger partial charge on any atom is -0.478 e. The molecule has 26 heavy (non-hydrogen) atoms. The number of carboxylic acid groups (broad SMARTS) is 1. The molecule has 0 saturated carbocycles. The van der Waals surface area contributed by atoms with Gasteiger partial charge in [-0.15, -0.1) is 0 Å². The number of benzene rings is 2. The van der Waals surface area contributed by atoms with Gasteiger partial charge in [0.1, 0.15) is 11.4 Å². The van der Waals surface area contributed by atoms with Crippen LogP contribution in [0.2, 0.25) is 0 Å². The number of aliphatic hydroxyl groups excluding tert-OH is 1. The predicted octanol–water partition coefficient (Wildman–Crippen LogP) is 2.33. The van der Waals surface area contributed by atoms with Crippen molar-refractivity contribution in [3.8, 4) is 0 Å². The third-order valence-electron chi connectivity index (χ3n) is 4.70. The van der Waals surface area contributed by atoms with Crippen LogP contribution >= 0.6 is 0 Å². The van der Waals surface area contributed by atoms with E-state index in [9.17, 15) is 19.4 Å². The van der Waals surface area contributed by atoms with Gasteiger partial charge in [-0.1, -0.05) is 30.3 Å². The van der Waals surface area contributed by atoms with Crippen molar-refractivity contribution in [2.24, 2.45) is 0 Å². The Bertz CT molecular complexity index is 765. The smallest absolute Gasteiger partial charge is 0.336 e. The number of carbonyl (C=O) groups is 1. The summed E-state index contributed by atoms with van der Waals surface area (Å²) >= 11 is 0. The maximum Gasteiger partial charge on any atom is 0.336 e. The van der Waals surface area contributed by atoms with Crippen LogP contribution in [0.1, 0.15) is 21.5 Å². The van der Waals surface area contributed by atoms with Crippen molar-refractivity contribution in [3.05, 3.63) is 71.0 Å². The van der Waals surface area contributed by atoms with Gasteiger partial charge in [-0.3, -0.25) is 4.90 Å². The molecular weight excluding hydrogens is 337 g/mol. The number of hydrogen-bond acceptors (Lipinski definition) is 4. The molecule has 0 bridgehead atoms. The van der Waals surface area contributed by atoms with Crippen molar-refractivity contribution in [2.75, 3.05) is 26.3 Å². The molecule has 2 aromatic rings. The summed E-state index contributed by atoms with van der Waals surface area (Å²) in [7, 11) is 0. The third kappa shape index (κ3) is 4.27. The number of morpholine rings is 1. The molecule has 0 spiro atoms. The summed E-state index contributed by atoms with van der Waals surface area (Å²) in [6, 6.07) is 13.1. The molecule has 1 aliphatic rings. The standard InChI is InChI=1S/C20H22FNO4/c21-17-7-5-15(6-8-17)11-20(14-23)13-22(9-10-26-20)12-16-3-1-2-4-18(16)19(24)25/h1-8,23H,9-14H2,(H,24,25)/t20-/m0/s1. The first-order chi connectivity index (χ1) is 12.5. The molecule has 5 nitrogen and oxygen atoms in total. The van der Waals surface area contributed by atoms with Gasteiger partial charge < -0.3 is 14.9 Å². The Labute approximate surface area is 151 Å². The number of rotatable bonds is 6. The fourth-order valence-corrected chi connectivity index (χ4v) is 3.40. The summed E-state index contributed by atoms with van der Waals surface area (Å²) in [6.45, 7) is 1.86. The Hall–Kier alpha value is -2.28. The summed E-state index contributed by atoms with van der Waals surface area (Å²) in [4.78, 5) is 13.5. The quantitative estimate of drug-likeness (QED) is 0.828. The normalized spacial score (nSPS) is 20.8. The lowest BCUT2D eigenvalue weighted by molar-refractivity contribution is -0.134. The highest BCUT2D eigenvalue weighted by Gasteiger charge is 2.36. The molecular formula is C20H22FNO4.